The molecule has 0 bridgehead atoms. The Kier molecular flexibility index (Phi) is 3.70. The number of halogens is 1. The molecule has 2 aliphatic rings. The van der Waals surface area contributed by atoms with Gasteiger partial charge in [-0.15, -0.1) is 0 Å². The van der Waals surface area contributed by atoms with Gasteiger partial charge < -0.3 is 9.09 Å². The first-order valence-electron chi connectivity index (χ1n) is 9.60. The third-order valence-electron chi connectivity index (χ3n) is 5.92. The molecule has 6 rings (SSSR count). The standard InChI is InChI=1S/C20H16ClN7O2/c1-27-8-23-19-17(27)20(29)28(9-24-19)7-15-25-18(26-30-15)16-12-4-10(5-13(12)16)14-6-11(21)2-3-22-14/h2-4,6,8-9,12-13,16H,5,7H2,1H3/t12-,13+,16+/m1/s1. The Morgan fingerprint density at radius 1 is 1.27 bits per heavy atom. The normalized spacial score (nSPS) is 22.3. The van der Waals surface area contributed by atoms with Crippen LogP contribution in [-0.4, -0.2) is 34.2 Å². The van der Waals surface area contributed by atoms with Gasteiger partial charge in [-0.1, -0.05) is 22.8 Å². The minimum atomic E-state index is -0.190. The SMILES string of the molecule is Cn1cnc2ncn(Cc3nc([C@H]4[C@@H]5C=C(c6cc(Cl)ccn6)C[C@@H]54)no3)c(=O)c21. The molecule has 0 unspecified atom stereocenters. The minimum absolute atomic E-state index is 0.176. The second-order valence-electron chi connectivity index (χ2n) is 7.77. The van der Waals surface area contributed by atoms with E-state index in [1.54, 1.807) is 30.2 Å². The van der Waals surface area contributed by atoms with E-state index < -0.39 is 0 Å². The summed E-state index contributed by atoms with van der Waals surface area (Å²) in [7, 11) is 1.76. The van der Waals surface area contributed by atoms with E-state index in [0.717, 1.165) is 12.1 Å². The number of imidazole rings is 1. The lowest BCUT2D eigenvalue weighted by molar-refractivity contribution is 0.364. The molecule has 1 saturated carbocycles. The van der Waals surface area contributed by atoms with E-state index in [4.69, 9.17) is 16.1 Å². The number of hydrogen-bond donors (Lipinski definition) is 0. The van der Waals surface area contributed by atoms with Gasteiger partial charge in [-0.3, -0.25) is 14.3 Å². The van der Waals surface area contributed by atoms with Crippen LogP contribution in [0.5, 0.6) is 0 Å². The Bertz CT molecular complexity index is 1390. The van der Waals surface area contributed by atoms with Gasteiger partial charge >= 0.3 is 0 Å². The fraction of sp³-hybridized carbons (Fsp3) is 0.300. The van der Waals surface area contributed by atoms with E-state index >= 15 is 0 Å². The van der Waals surface area contributed by atoms with Crippen molar-refractivity contribution in [1.82, 2.24) is 34.2 Å². The highest BCUT2D eigenvalue weighted by atomic mass is 35.5. The molecule has 4 heterocycles. The van der Waals surface area contributed by atoms with E-state index in [0.29, 0.717) is 39.7 Å². The number of hydrogen-bond acceptors (Lipinski definition) is 7. The summed E-state index contributed by atoms with van der Waals surface area (Å²) in [6.45, 7) is 0.176. The lowest BCUT2D eigenvalue weighted by Crippen LogP contribution is -2.22. The molecule has 0 spiro atoms. The molecule has 0 amide bonds. The number of aromatic nitrogens is 7. The van der Waals surface area contributed by atoms with Crippen LogP contribution in [0.25, 0.3) is 16.7 Å². The van der Waals surface area contributed by atoms with Crippen molar-refractivity contribution in [1.29, 1.82) is 0 Å². The number of allylic oxidation sites excluding steroid dienone is 2. The molecule has 4 aromatic rings. The van der Waals surface area contributed by atoms with Gasteiger partial charge in [-0.25, -0.2) is 9.97 Å². The maximum Gasteiger partial charge on any atom is 0.280 e. The zero-order valence-electron chi connectivity index (χ0n) is 15.9. The molecule has 150 valence electrons. The Morgan fingerprint density at radius 2 is 2.13 bits per heavy atom. The van der Waals surface area contributed by atoms with Crippen LogP contribution in [0, 0.1) is 11.8 Å². The molecule has 0 aliphatic heterocycles. The Labute approximate surface area is 175 Å². The van der Waals surface area contributed by atoms with Gasteiger partial charge in [0.1, 0.15) is 12.9 Å². The highest BCUT2D eigenvalue weighted by Gasteiger charge is 2.55. The fourth-order valence-electron chi connectivity index (χ4n) is 4.38. The average Bonchev–Trinajstić information content (AvgIpc) is 3.16. The molecule has 0 radical (unpaired) electrons. The summed E-state index contributed by atoms with van der Waals surface area (Å²) < 4.78 is 8.53. The second-order valence-corrected chi connectivity index (χ2v) is 8.21. The van der Waals surface area contributed by atoms with E-state index in [9.17, 15) is 4.79 Å². The summed E-state index contributed by atoms with van der Waals surface area (Å²) in [4.78, 5) is 29.9. The lowest BCUT2D eigenvalue weighted by Gasteiger charge is -2.04. The summed E-state index contributed by atoms with van der Waals surface area (Å²) >= 11 is 6.08. The van der Waals surface area contributed by atoms with Crippen LogP contribution in [0.3, 0.4) is 0 Å². The summed E-state index contributed by atoms with van der Waals surface area (Å²) in [6.07, 6.45) is 7.92. The Balaban J connectivity index is 1.21. The summed E-state index contributed by atoms with van der Waals surface area (Å²) in [5.41, 5.74) is 2.83. The average molecular weight is 422 g/mol. The maximum absolute atomic E-state index is 12.7. The van der Waals surface area contributed by atoms with Crippen molar-refractivity contribution in [2.75, 3.05) is 0 Å². The molecule has 9 nitrogen and oxygen atoms in total. The zero-order valence-corrected chi connectivity index (χ0v) is 16.7. The molecule has 0 saturated heterocycles. The van der Waals surface area contributed by atoms with Crippen LogP contribution in [0.1, 0.15) is 29.7 Å². The number of rotatable bonds is 4. The van der Waals surface area contributed by atoms with E-state index in [1.165, 1.54) is 16.5 Å². The van der Waals surface area contributed by atoms with Gasteiger partial charge in [-0.2, -0.15) is 4.98 Å². The minimum Gasteiger partial charge on any atom is -0.337 e. The van der Waals surface area contributed by atoms with Gasteiger partial charge in [0.25, 0.3) is 5.56 Å². The molecule has 2 aliphatic carbocycles. The number of aryl methyl sites for hydroxylation is 1. The molecular weight excluding hydrogens is 406 g/mol. The van der Waals surface area contributed by atoms with E-state index in [2.05, 4.69) is 31.2 Å². The van der Waals surface area contributed by atoms with Gasteiger partial charge in [0.2, 0.25) is 5.89 Å². The quantitative estimate of drug-likeness (QED) is 0.498. The Morgan fingerprint density at radius 3 is 2.93 bits per heavy atom. The monoisotopic (exact) mass is 421 g/mol. The summed E-state index contributed by atoms with van der Waals surface area (Å²) in [5, 5.41) is 4.85. The molecule has 1 fully saturated rings. The first-order valence-corrected chi connectivity index (χ1v) is 9.98. The van der Waals surface area contributed by atoms with Crippen molar-refractivity contribution in [2.45, 2.75) is 18.9 Å². The van der Waals surface area contributed by atoms with Crippen LogP contribution in [0.2, 0.25) is 5.02 Å². The van der Waals surface area contributed by atoms with Crippen LogP contribution in [0.4, 0.5) is 0 Å². The molecule has 30 heavy (non-hydrogen) atoms. The van der Waals surface area contributed by atoms with Crippen LogP contribution in [0.15, 0.2) is 46.4 Å². The second kappa shape index (κ2) is 6.33. The fourth-order valence-corrected chi connectivity index (χ4v) is 4.54. The molecule has 4 aromatic heterocycles. The van der Waals surface area contributed by atoms with Crippen molar-refractivity contribution in [2.24, 2.45) is 18.9 Å². The number of nitrogens with zero attached hydrogens (tertiary/aromatic N) is 7. The smallest absolute Gasteiger partial charge is 0.280 e. The number of pyridine rings is 1. The lowest BCUT2D eigenvalue weighted by atomic mass is 10.1. The predicted octanol–water partition coefficient (Wildman–Crippen LogP) is 2.43. The zero-order chi connectivity index (χ0) is 20.4. The maximum atomic E-state index is 12.7. The highest BCUT2D eigenvalue weighted by Crippen LogP contribution is 2.62. The van der Waals surface area contributed by atoms with Crippen molar-refractivity contribution in [3.63, 3.8) is 0 Å². The van der Waals surface area contributed by atoms with Crippen molar-refractivity contribution in [3.8, 4) is 0 Å². The van der Waals surface area contributed by atoms with Crippen molar-refractivity contribution >= 4 is 28.3 Å². The third kappa shape index (κ3) is 2.69. The Hall–Kier alpha value is -3.33. The highest BCUT2D eigenvalue weighted by molar-refractivity contribution is 6.30. The van der Waals surface area contributed by atoms with Gasteiger partial charge in [0, 0.05) is 24.2 Å². The predicted molar refractivity (Wildman–Crippen MR) is 108 cm³/mol. The molecule has 10 heteroatoms. The topological polar surface area (TPSA) is 105 Å². The van der Waals surface area contributed by atoms with Gasteiger partial charge in [-0.05, 0) is 36.0 Å². The third-order valence-corrected chi connectivity index (χ3v) is 6.15. The first kappa shape index (κ1) is 17.5. The molecule has 0 aromatic carbocycles. The van der Waals surface area contributed by atoms with Crippen LogP contribution in [-0.2, 0) is 13.6 Å². The first-order chi connectivity index (χ1) is 14.6. The number of fused-ring (bicyclic) bond motifs is 2. The summed E-state index contributed by atoms with van der Waals surface area (Å²) in [6, 6.07) is 3.67. The van der Waals surface area contributed by atoms with E-state index in [-0.39, 0.29) is 18.0 Å². The van der Waals surface area contributed by atoms with Crippen molar-refractivity contribution in [3.05, 3.63) is 69.8 Å². The molecule has 0 N–H and O–H groups in total. The van der Waals surface area contributed by atoms with E-state index in [1.807, 2.05) is 6.07 Å². The molecule has 3 atom stereocenters. The van der Waals surface area contributed by atoms with Gasteiger partial charge in [0.05, 0.1) is 12.0 Å². The summed E-state index contributed by atoms with van der Waals surface area (Å²) in [5.74, 6) is 2.18. The van der Waals surface area contributed by atoms with Gasteiger partial charge in [0.15, 0.2) is 17.0 Å². The van der Waals surface area contributed by atoms with Crippen LogP contribution < -0.4 is 5.56 Å². The largest absolute Gasteiger partial charge is 0.337 e. The van der Waals surface area contributed by atoms with Crippen molar-refractivity contribution < 1.29 is 4.52 Å². The van der Waals surface area contributed by atoms with Crippen LogP contribution >= 0.6 is 11.6 Å². The molecular formula is C20H16ClN7O2.